The van der Waals surface area contributed by atoms with Gasteiger partial charge >= 0.3 is 0 Å². The van der Waals surface area contributed by atoms with Gasteiger partial charge in [-0.05, 0) is 52.6 Å². The molecule has 1 amide bonds. The van der Waals surface area contributed by atoms with Crippen LogP contribution in [0.4, 0.5) is 0 Å². The van der Waals surface area contributed by atoms with E-state index in [4.69, 9.17) is 14.6 Å². The van der Waals surface area contributed by atoms with Crippen LogP contribution >= 0.6 is 0 Å². The Morgan fingerprint density at radius 2 is 1.65 bits per heavy atom. The van der Waals surface area contributed by atoms with E-state index in [1.807, 2.05) is 18.7 Å². The molecule has 0 radical (unpaired) electrons. The van der Waals surface area contributed by atoms with Crippen LogP contribution in [-0.2, 0) is 14.3 Å². The van der Waals surface area contributed by atoms with E-state index in [1.54, 1.807) is 0 Å². The second kappa shape index (κ2) is 11.4. The molecule has 2 rings (SSSR count). The number of nitrogens with zero attached hydrogens (tertiary/aromatic N) is 2. The Kier molecular flexibility index (Phi) is 9.87. The standard InChI is InChI=1S/C16H30N2O2.CH2O2/c1-14(2)20-13-16(19)18-11-7-15(8-12-18)17-9-5-3-4-6-10-17;2-1-3/h14-15H,3-13H2,1-2H3;1H,(H,2,3). The minimum Gasteiger partial charge on any atom is -0.483 e. The van der Waals surface area contributed by atoms with E-state index in [-0.39, 0.29) is 25.1 Å². The van der Waals surface area contributed by atoms with Gasteiger partial charge in [-0.2, -0.15) is 0 Å². The third-order valence-corrected chi connectivity index (χ3v) is 4.51. The van der Waals surface area contributed by atoms with Crippen molar-refractivity contribution in [3.05, 3.63) is 0 Å². The van der Waals surface area contributed by atoms with E-state index in [0.717, 1.165) is 25.9 Å². The van der Waals surface area contributed by atoms with Crippen LogP contribution in [0.3, 0.4) is 0 Å². The van der Waals surface area contributed by atoms with Gasteiger partial charge in [0.05, 0.1) is 6.10 Å². The van der Waals surface area contributed by atoms with E-state index in [2.05, 4.69) is 4.90 Å². The van der Waals surface area contributed by atoms with Crippen molar-refractivity contribution in [2.24, 2.45) is 0 Å². The molecule has 0 bridgehead atoms. The van der Waals surface area contributed by atoms with E-state index in [0.29, 0.717) is 6.04 Å². The smallest absolute Gasteiger partial charge is 0.290 e. The molecule has 0 saturated carbocycles. The molecule has 0 atom stereocenters. The summed E-state index contributed by atoms with van der Waals surface area (Å²) in [6.07, 6.45) is 7.87. The summed E-state index contributed by atoms with van der Waals surface area (Å²) in [6.45, 7) is 8.26. The van der Waals surface area contributed by atoms with E-state index < -0.39 is 0 Å². The fourth-order valence-corrected chi connectivity index (χ4v) is 3.27. The second-order valence-corrected chi connectivity index (χ2v) is 6.53. The van der Waals surface area contributed by atoms with Crippen molar-refractivity contribution in [2.45, 2.75) is 64.5 Å². The van der Waals surface area contributed by atoms with Crippen molar-refractivity contribution in [3.8, 4) is 0 Å². The van der Waals surface area contributed by atoms with Crippen LogP contribution in [0.5, 0.6) is 0 Å². The summed E-state index contributed by atoms with van der Waals surface area (Å²) in [5, 5.41) is 6.89. The van der Waals surface area contributed by atoms with Gasteiger partial charge in [-0.25, -0.2) is 0 Å². The maximum Gasteiger partial charge on any atom is 0.290 e. The number of amides is 1. The molecule has 6 nitrogen and oxygen atoms in total. The van der Waals surface area contributed by atoms with Crippen LogP contribution in [0.1, 0.15) is 52.4 Å². The number of carbonyl (C=O) groups excluding carboxylic acids is 1. The molecule has 2 aliphatic rings. The van der Waals surface area contributed by atoms with Gasteiger partial charge < -0.3 is 19.6 Å². The summed E-state index contributed by atoms with van der Waals surface area (Å²) in [4.78, 5) is 25.0. The van der Waals surface area contributed by atoms with Crippen molar-refractivity contribution < 1.29 is 19.4 Å². The topological polar surface area (TPSA) is 70.1 Å². The van der Waals surface area contributed by atoms with Gasteiger partial charge in [0.1, 0.15) is 6.61 Å². The van der Waals surface area contributed by atoms with Crippen molar-refractivity contribution in [1.29, 1.82) is 0 Å². The summed E-state index contributed by atoms with van der Waals surface area (Å²) in [5.74, 6) is 0.160. The van der Waals surface area contributed by atoms with E-state index in [9.17, 15) is 4.79 Å². The van der Waals surface area contributed by atoms with Gasteiger partial charge in [-0.3, -0.25) is 9.59 Å². The number of carbonyl (C=O) groups is 2. The molecule has 6 heteroatoms. The summed E-state index contributed by atoms with van der Waals surface area (Å²) in [5.41, 5.74) is 0. The molecule has 2 aliphatic heterocycles. The minimum absolute atomic E-state index is 0.133. The first-order valence-electron chi connectivity index (χ1n) is 8.79. The van der Waals surface area contributed by atoms with Crippen LogP contribution in [0.15, 0.2) is 0 Å². The van der Waals surface area contributed by atoms with Crippen LogP contribution in [0, 0.1) is 0 Å². The lowest BCUT2D eigenvalue weighted by Crippen LogP contribution is -2.48. The first-order valence-corrected chi connectivity index (χ1v) is 8.79. The van der Waals surface area contributed by atoms with Crippen LogP contribution in [0.2, 0.25) is 0 Å². The van der Waals surface area contributed by atoms with Crippen LogP contribution in [-0.4, -0.2) is 72.2 Å². The molecule has 2 fully saturated rings. The number of hydrogen-bond donors (Lipinski definition) is 1. The van der Waals surface area contributed by atoms with Crippen molar-refractivity contribution in [1.82, 2.24) is 9.80 Å². The van der Waals surface area contributed by atoms with Crippen molar-refractivity contribution in [3.63, 3.8) is 0 Å². The van der Waals surface area contributed by atoms with Gasteiger partial charge in [0.15, 0.2) is 0 Å². The molecular formula is C17H32N2O4. The highest BCUT2D eigenvalue weighted by Crippen LogP contribution is 2.20. The van der Waals surface area contributed by atoms with Gasteiger partial charge in [0.25, 0.3) is 6.47 Å². The zero-order valence-electron chi connectivity index (χ0n) is 14.6. The molecule has 0 aromatic carbocycles. The molecule has 0 aromatic rings. The van der Waals surface area contributed by atoms with Crippen LogP contribution < -0.4 is 0 Å². The average molecular weight is 328 g/mol. The molecule has 0 unspecified atom stereocenters. The number of likely N-dealkylation sites (tertiary alicyclic amines) is 2. The summed E-state index contributed by atoms with van der Waals surface area (Å²) in [6, 6.07) is 0.697. The number of rotatable bonds is 4. The number of piperidine rings is 1. The van der Waals surface area contributed by atoms with Crippen LogP contribution in [0.25, 0.3) is 0 Å². The maximum absolute atomic E-state index is 12.0. The fraction of sp³-hybridized carbons (Fsp3) is 0.882. The lowest BCUT2D eigenvalue weighted by molar-refractivity contribution is -0.139. The molecule has 0 spiro atoms. The predicted molar refractivity (Wildman–Crippen MR) is 89.4 cm³/mol. The molecule has 1 N–H and O–H groups in total. The summed E-state index contributed by atoms with van der Waals surface area (Å²) in [7, 11) is 0. The number of carboxylic acid groups (broad SMARTS) is 1. The monoisotopic (exact) mass is 328 g/mol. The minimum atomic E-state index is -0.250. The molecule has 0 aromatic heterocycles. The van der Waals surface area contributed by atoms with E-state index in [1.165, 1.54) is 38.8 Å². The Morgan fingerprint density at radius 3 is 2.13 bits per heavy atom. The van der Waals surface area contributed by atoms with Crippen molar-refractivity contribution >= 4 is 12.4 Å². The normalized spacial score (nSPS) is 20.6. The zero-order chi connectivity index (χ0) is 17.1. The molecule has 0 aliphatic carbocycles. The third-order valence-electron chi connectivity index (χ3n) is 4.51. The lowest BCUT2D eigenvalue weighted by Gasteiger charge is -2.38. The third kappa shape index (κ3) is 7.79. The Labute approximate surface area is 139 Å². The Bertz CT molecular complexity index is 333. The predicted octanol–water partition coefficient (Wildman–Crippen LogP) is 1.98. The Balaban J connectivity index is 0.000000816. The Morgan fingerprint density at radius 1 is 1.13 bits per heavy atom. The second-order valence-electron chi connectivity index (χ2n) is 6.53. The molecule has 2 saturated heterocycles. The van der Waals surface area contributed by atoms with E-state index >= 15 is 0 Å². The van der Waals surface area contributed by atoms with Crippen molar-refractivity contribution in [2.75, 3.05) is 32.8 Å². The summed E-state index contributed by atoms with van der Waals surface area (Å²) >= 11 is 0. The maximum atomic E-state index is 12.0. The number of ether oxygens (including phenoxy) is 1. The SMILES string of the molecule is CC(C)OCC(=O)N1CCC(N2CCCCCC2)CC1.O=CO. The average Bonchev–Trinajstić information content (AvgIpc) is 2.83. The highest BCUT2D eigenvalue weighted by Gasteiger charge is 2.27. The highest BCUT2D eigenvalue weighted by molar-refractivity contribution is 5.77. The first kappa shape index (κ1) is 19.9. The number of hydrogen-bond acceptors (Lipinski definition) is 4. The first-order chi connectivity index (χ1) is 11.1. The largest absolute Gasteiger partial charge is 0.483 e. The molecule has 2 heterocycles. The lowest BCUT2D eigenvalue weighted by atomic mass is 10.0. The van der Waals surface area contributed by atoms with Gasteiger partial charge in [-0.15, -0.1) is 0 Å². The van der Waals surface area contributed by atoms with Gasteiger partial charge in [-0.1, -0.05) is 12.8 Å². The Hall–Kier alpha value is -1.14. The highest BCUT2D eigenvalue weighted by atomic mass is 16.5. The zero-order valence-corrected chi connectivity index (χ0v) is 14.6. The molecule has 23 heavy (non-hydrogen) atoms. The molecule has 134 valence electrons. The van der Waals surface area contributed by atoms with Gasteiger partial charge in [0, 0.05) is 19.1 Å². The molecular weight excluding hydrogens is 296 g/mol. The fourth-order valence-electron chi connectivity index (χ4n) is 3.27. The quantitative estimate of drug-likeness (QED) is 0.799. The van der Waals surface area contributed by atoms with Gasteiger partial charge in [0.2, 0.25) is 5.91 Å². The summed E-state index contributed by atoms with van der Waals surface area (Å²) < 4.78 is 5.41.